The predicted molar refractivity (Wildman–Crippen MR) is 139 cm³/mol. The van der Waals surface area contributed by atoms with Crippen LogP contribution in [0.1, 0.15) is 31.1 Å². The first kappa shape index (κ1) is 24.7. The lowest BCUT2D eigenvalue weighted by molar-refractivity contribution is -0.118. The molecule has 1 aromatic heterocycles. The van der Waals surface area contributed by atoms with Crippen LogP contribution in [-0.2, 0) is 11.3 Å². The number of fused-ring (bicyclic) bond motifs is 1. The van der Waals surface area contributed by atoms with Crippen molar-refractivity contribution in [2.75, 3.05) is 14.1 Å². The van der Waals surface area contributed by atoms with Gasteiger partial charge in [-0.15, -0.1) is 0 Å². The molecule has 2 aromatic carbocycles. The minimum Gasteiger partial charge on any atom is -0.399 e. The lowest BCUT2D eigenvalue weighted by Gasteiger charge is -2.23. The molecule has 3 rings (SSSR count). The molecule has 176 valence electrons. The van der Waals surface area contributed by atoms with Gasteiger partial charge in [-0.2, -0.15) is 0 Å². The third-order valence-corrected chi connectivity index (χ3v) is 5.60. The summed E-state index contributed by atoms with van der Waals surface area (Å²) in [6.45, 7) is 11.3. The van der Waals surface area contributed by atoms with E-state index in [0.717, 1.165) is 10.9 Å². The molecule has 0 aliphatic heterocycles. The number of hydrogen-bond acceptors (Lipinski definition) is 5. The maximum absolute atomic E-state index is 13.9. The van der Waals surface area contributed by atoms with E-state index in [4.69, 9.17) is 5.73 Å². The van der Waals surface area contributed by atoms with Crippen LogP contribution in [0.5, 0.6) is 0 Å². The van der Waals surface area contributed by atoms with Gasteiger partial charge < -0.3 is 16.0 Å². The van der Waals surface area contributed by atoms with Gasteiger partial charge in [0.2, 0.25) is 0 Å². The van der Waals surface area contributed by atoms with Crippen molar-refractivity contribution in [3.63, 3.8) is 0 Å². The van der Waals surface area contributed by atoms with E-state index in [9.17, 15) is 9.59 Å². The van der Waals surface area contributed by atoms with Crippen molar-refractivity contribution in [3.8, 4) is 5.69 Å². The molecule has 7 nitrogen and oxygen atoms in total. The zero-order chi connectivity index (χ0) is 25.0. The summed E-state index contributed by atoms with van der Waals surface area (Å²) in [6.07, 6.45) is 0. The lowest BCUT2D eigenvalue weighted by Crippen LogP contribution is -2.34. The van der Waals surface area contributed by atoms with Crippen LogP contribution < -0.4 is 16.6 Å². The first-order valence-electron chi connectivity index (χ1n) is 11.0. The molecule has 0 fully saturated rings. The number of nitrogens with two attached hydrogens (primary N) is 1. The van der Waals surface area contributed by atoms with E-state index in [0.29, 0.717) is 29.0 Å². The van der Waals surface area contributed by atoms with E-state index in [1.165, 1.54) is 0 Å². The van der Waals surface area contributed by atoms with E-state index < -0.39 is 11.9 Å². The van der Waals surface area contributed by atoms with Crippen LogP contribution in [0.4, 0.5) is 0 Å². The van der Waals surface area contributed by atoms with Crippen molar-refractivity contribution in [3.05, 3.63) is 99.8 Å². The number of aliphatic imine (C=N–C) groups is 1. The molecular weight excluding hydrogens is 426 g/mol. The van der Waals surface area contributed by atoms with Crippen molar-refractivity contribution in [1.82, 2.24) is 14.8 Å². The van der Waals surface area contributed by atoms with Crippen LogP contribution in [-0.4, -0.2) is 36.2 Å². The summed E-state index contributed by atoms with van der Waals surface area (Å²) in [5.41, 5.74) is 8.66. The van der Waals surface area contributed by atoms with Crippen LogP contribution >= 0.6 is 0 Å². The van der Waals surface area contributed by atoms with Gasteiger partial charge in [0.1, 0.15) is 0 Å². The quantitative estimate of drug-likeness (QED) is 0.307. The summed E-state index contributed by atoms with van der Waals surface area (Å²) in [5.74, 6) is -0.432. The van der Waals surface area contributed by atoms with Gasteiger partial charge in [0.25, 0.3) is 11.5 Å². The van der Waals surface area contributed by atoms with E-state index in [1.807, 2.05) is 80.5 Å². The average Bonchev–Trinajstić information content (AvgIpc) is 2.78. The molecule has 0 saturated carbocycles. The molecule has 0 aliphatic carbocycles. The van der Waals surface area contributed by atoms with E-state index in [2.05, 4.69) is 23.6 Å². The van der Waals surface area contributed by atoms with Crippen molar-refractivity contribution < 1.29 is 4.79 Å². The second kappa shape index (κ2) is 10.3. The van der Waals surface area contributed by atoms with Gasteiger partial charge in [-0.25, -0.2) is 0 Å². The highest BCUT2D eigenvalue weighted by atomic mass is 16.2. The van der Waals surface area contributed by atoms with Gasteiger partial charge in [0.15, 0.2) is 0 Å². The highest BCUT2D eigenvalue weighted by Gasteiger charge is 2.22. The summed E-state index contributed by atoms with van der Waals surface area (Å²) in [4.78, 5) is 32.8. The number of carbonyl (C=O) groups excluding carboxylic acids is 1. The van der Waals surface area contributed by atoms with Crippen molar-refractivity contribution >= 4 is 23.4 Å². The molecule has 0 saturated heterocycles. The largest absolute Gasteiger partial charge is 0.399 e. The van der Waals surface area contributed by atoms with Gasteiger partial charge in [-0.05, 0) is 63.8 Å². The minimum absolute atomic E-state index is 0.0990. The number of rotatable bonds is 8. The van der Waals surface area contributed by atoms with Gasteiger partial charge in [-0.1, -0.05) is 43.0 Å². The highest BCUT2D eigenvalue weighted by molar-refractivity contribution is 5.98. The second-order valence-corrected chi connectivity index (χ2v) is 8.50. The van der Waals surface area contributed by atoms with Crippen LogP contribution in [0.3, 0.4) is 0 Å². The summed E-state index contributed by atoms with van der Waals surface area (Å²) >= 11 is 0. The molecule has 34 heavy (non-hydrogen) atoms. The first-order chi connectivity index (χ1) is 16.1. The van der Waals surface area contributed by atoms with Crippen LogP contribution in [0.25, 0.3) is 16.5 Å². The number of hydrogen-bond donors (Lipinski definition) is 2. The van der Waals surface area contributed by atoms with E-state index in [-0.39, 0.29) is 16.8 Å². The standard InChI is InChI=1S/C27H31N5O2/c1-17(28)24(19(3)29-4)26(33)30-18(2)23-15-20-11-10-12-21(16-31(5)6)25(20)27(34)32(23)22-13-8-7-9-14-22/h7-15,18H,1,4,16,28H2,2-3,5-6H3,(H,30,33)/b24-19-/t18-/m0/s1. The average molecular weight is 458 g/mol. The minimum atomic E-state index is -0.519. The Balaban J connectivity index is 2.22. The fourth-order valence-corrected chi connectivity index (χ4v) is 4.05. The van der Waals surface area contributed by atoms with E-state index in [1.54, 1.807) is 11.5 Å². The fourth-order valence-electron chi connectivity index (χ4n) is 4.05. The second-order valence-electron chi connectivity index (χ2n) is 8.50. The van der Waals surface area contributed by atoms with Crippen LogP contribution in [0, 0.1) is 0 Å². The molecular formula is C27H31N5O2. The van der Waals surface area contributed by atoms with E-state index >= 15 is 0 Å². The Labute approximate surface area is 199 Å². The summed E-state index contributed by atoms with van der Waals surface area (Å²) < 4.78 is 1.66. The smallest absolute Gasteiger partial charge is 0.263 e. The molecule has 1 atom stereocenters. The third-order valence-electron chi connectivity index (χ3n) is 5.60. The number of allylic oxidation sites excluding steroid dienone is 1. The topological polar surface area (TPSA) is 92.7 Å². The summed E-state index contributed by atoms with van der Waals surface area (Å²) in [6, 6.07) is 16.7. The zero-order valence-electron chi connectivity index (χ0n) is 20.1. The first-order valence-corrected chi connectivity index (χ1v) is 11.0. The fraction of sp³-hybridized carbons (Fsp3) is 0.222. The molecule has 0 aliphatic rings. The van der Waals surface area contributed by atoms with Crippen molar-refractivity contribution in [2.24, 2.45) is 10.7 Å². The number of amides is 1. The van der Waals surface area contributed by atoms with Crippen LogP contribution in [0.2, 0.25) is 0 Å². The van der Waals surface area contributed by atoms with Crippen molar-refractivity contribution in [1.29, 1.82) is 0 Å². The maximum atomic E-state index is 13.9. The normalized spacial score (nSPS) is 12.9. The Bertz CT molecular complexity index is 1340. The summed E-state index contributed by atoms with van der Waals surface area (Å²) in [5, 5.41) is 4.42. The molecule has 3 aromatic rings. The van der Waals surface area contributed by atoms with Gasteiger partial charge >= 0.3 is 0 Å². The number of para-hydroxylation sites is 1. The number of benzene rings is 2. The molecule has 0 bridgehead atoms. The predicted octanol–water partition coefficient (Wildman–Crippen LogP) is 3.68. The summed E-state index contributed by atoms with van der Waals surface area (Å²) in [7, 11) is 3.94. The number of carbonyl (C=O) groups is 1. The molecule has 0 spiro atoms. The Morgan fingerprint density at radius 2 is 1.85 bits per heavy atom. The number of aromatic nitrogens is 1. The molecule has 3 N–H and O–H groups in total. The van der Waals surface area contributed by atoms with Crippen LogP contribution in [0.15, 0.2) is 87.9 Å². The Hall–Kier alpha value is -3.97. The number of pyridine rings is 1. The van der Waals surface area contributed by atoms with Gasteiger partial charge in [0, 0.05) is 23.6 Å². The molecule has 1 amide bonds. The zero-order valence-corrected chi connectivity index (χ0v) is 20.1. The van der Waals surface area contributed by atoms with Gasteiger partial charge in [0.05, 0.1) is 22.7 Å². The SMILES string of the molecule is C=N/C(C)=C(/C(=C)N)C(=O)N[C@@H](C)c1cc2cccc(CN(C)C)c2c(=O)n1-c1ccccc1. The van der Waals surface area contributed by atoms with Crippen molar-refractivity contribution in [2.45, 2.75) is 26.4 Å². The monoisotopic (exact) mass is 457 g/mol. The number of nitrogens with one attached hydrogen (secondary N) is 1. The number of nitrogens with zero attached hydrogens (tertiary/aromatic N) is 3. The molecule has 1 heterocycles. The highest BCUT2D eigenvalue weighted by Crippen LogP contribution is 2.24. The molecule has 0 unspecified atom stereocenters. The Kier molecular flexibility index (Phi) is 7.48. The lowest BCUT2D eigenvalue weighted by atomic mass is 10.0. The molecule has 7 heteroatoms. The third kappa shape index (κ3) is 5.00. The maximum Gasteiger partial charge on any atom is 0.263 e. The Morgan fingerprint density at radius 3 is 2.44 bits per heavy atom. The molecule has 0 radical (unpaired) electrons. The Morgan fingerprint density at radius 1 is 1.18 bits per heavy atom. The van der Waals surface area contributed by atoms with Gasteiger partial charge in [-0.3, -0.25) is 19.1 Å².